The molecular weight excluding hydrogens is 572 g/mol. The van der Waals surface area contributed by atoms with Gasteiger partial charge in [0.1, 0.15) is 12.3 Å². The molecule has 0 fully saturated rings. The van der Waals surface area contributed by atoms with E-state index in [0.29, 0.717) is 6.42 Å². The lowest BCUT2D eigenvalue weighted by atomic mass is 9.98. The van der Waals surface area contributed by atoms with E-state index in [9.17, 15) is 24.3 Å². The van der Waals surface area contributed by atoms with Crippen LogP contribution in [-0.4, -0.2) is 50.8 Å². The third-order valence-corrected chi connectivity index (χ3v) is 7.26. The Morgan fingerprint density at radius 1 is 0.844 bits per heavy atom. The first kappa shape index (κ1) is 32.7. The molecule has 3 amide bonds. The zero-order valence-electron chi connectivity index (χ0n) is 25.4. The number of aryl methyl sites for hydroxylation is 1. The number of nitrogens with zero attached hydrogens (tertiary/aromatic N) is 2. The van der Waals surface area contributed by atoms with Crippen LogP contribution in [-0.2, 0) is 24.3 Å². The van der Waals surface area contributed by atoms with Gasteiger partial charge < -0.3 is 20.2 Å². The molecule has 3 aromatic carbocycles. The minimum Gasteiger partial charge on any atom is -0.465 e. The monoisotopic (exact) mass is 610 g/mol. The van der Waals surface area contributed by atoms with E-state index >= 15 is 0 Å². The summed E-state index contributed by atoms with van der Waals surface area (Å²) in [4.78, 5) is 57.9. The normalized spacial score (nSPS) is 12.2. The Morgan fingerprint density at radius 2 is 1.42 bits per heavy atom. The molecule has 2 atom stereocenters. The van der Waals surface area contributed by atoms with Crippen LogP contribution in [0.15, 0.2) is 102 Å². The molecule has 3 N–H and O–H groups in total. The molecule has 0 aliphatic carbocycles. The van der Waals surface area contributed by atoms with E-state index in [1.807, 2.05) is 80.6 Å². The highest BCUT2D eigenvalue weighted by Gasteiger charge is 2.34. The third kappa shape index (κ3) is 9.62. The van der Waals surface area contributed by atoms with E-state index in [1.54, 1.807) is 24.3 Å². The summed E-state index contributed by atoms with van der Waals surface area (Å²) in [6, 6.07) is 25.7. The Bertz CT molecular complexity index is 1560. The smallest absolute Gasteiger partial charge is 0.408 e. The number of oxazole rings is 1. The van der Waals surface area contributed by atoms with Crippen molar-refractivity contribution >= 4 is 23.7 Å². The van der Waals surface area contributed by atoms with E-state index in [-0.39, 0.29) is 43.4 Å². The number of benzene rings is 3. The highest BCUT2D eigenvalue weighted by atomic mass is 16.4. The number of nitrogens with one attached hydrogen (secondary N) is 2. The van der Waals surface area contributed by atoms with Gasteiger partial charge in [0.15, 0.2) is 5.69 Å². The number of ketones is 1. The van der Waals surface area contributed by atoms with Crippen molar-refractivity contribution in [2.75, 3.05) is 0 Å². The van der Waals surface area contributed by atoms with Crippen molar-refractivity contribution in [3.05, 3.63) is 126 Å². The van der Waals surface area contributed by atoms with Gasteiger partial charge in [0.2, 0.25) is 11.7 Å². The average molecular weight is 611 g/mol. The van der Waals surface area contributed by atoms with Gasteiger partial charge in [0.25, 0.3) is 11.8 Å². The van der Waals surface area contributed by atoms with E-state index in [4.69, 9.17) is 4.42 Å². The molecule has 2 unspecified atom stereocenters. The lowest BCUT2D eigenvalue weighted by Gasteiger charge is -2.31. The second-order valence-corrected chi connectivity index (χ2v) is 11.2. The van der Waals surface area contributed by atoms with Crippen LogP contribution in [0.4, 0.5) is 4.79 Å². The number of hydrogen-bond donors (Lipinski definition) is 3. The van der Waals surface area contributed by atoms with Crippen LogP contribution in [0.3, 0.4) is 0 Å². The van der Waals surface area contributed by atoms with Gasteiger partial charge >= 0.3 is 6.09 Å². The predicted octanol–water partition coefficient (Wildman–Crippen LogP) is 5.50. The first-order valence-electron chi connectivity index (χ1n) is 14.9. The van der Waals surface area contributed by atoms with Gasteiger partial charge in [-0.05, 0) is 41.9 Å². The minimum absolute atomic E-state index is 0.00476. The number of rotatable bonds is 15. The van der Waals surface area contributed by atoms with Gasteiger partial charge in [-0.3, -0.25) is 19.3 Å². The van der Waals surface area contributed by atoms with Gasteiger partial charge in [-0.2, -0.15) is 0 Å². The SMILES string of the molecule is CC(C)CC(C(=O)NC(CCc1ccccc1)C(=O)c1nc(C(=O)NCc2ccccc2)co1)N(Cc1ccccc1)C(=O)O. The maximum absolute atomic E-state index is 13.8. The number of carbonyl (C=O) groups is 4. The van der Waals surface area contributed by atoms with Gasteiger partial charge in [-0.25, -0.2) is 9.78 Å². The molecule has 0 saturated carbocycles. The molecule has 45 heavy (non-hydrogen) atoms. The summed E-state index contributed by atoms with van der Waals surface area (Å²) in [5.41, 5.74) is 2.51. The molecular formula is C35H38N4O6. The lowest BCUT2D eigenvalue weighted by molar-refractivity contribution is -0.127. The molecule has 10 nitrogen and oxygen atoms in total. The van der Waals surface area contributed by atoms with E-state index in [0.717, 1.165) is 27.9 Å². The van der Waals surface area contributed by atoms with Crippen LogP contribution in [0.5, 0.6) is 0 Å². The molecule has 4 rings (SSSR count). The highest BCUT2D eigenvalue weighted by Crippen LogP contribution is 2.18. The van der Waals surface area contributed by atoms with Crippen LogP contribution < -0.4 is 10.6 Å². The summed E-state index contributed by atoms with van der Waals surface area (Å²) in [5, 5.41) is 15.7. The molecule has 1 heterocycles. The van der Waals surface area contributed by atoms with Gasteiger partial charge in [-0.15, -0.1) is 0 Å². The fourth-order valence-electron chi connectivity index (χ4n) is 4.92. The van der Waals surface area contributed by atoms with E-state index in [1.165, 1.54) is 0 Å². The lowest BCUT2D eigenvalue weighted by Crippen LogP contribution is -2.53. The molecule has 234 valence electrons. The molecule has 4 aromatic rings. The van der Waals surface area contributed by atoms with Crippen molar-refractivity contribution in [2.45, 2.75) is 58.3 Å². The molecule has 0 spiro atoms. The number of hydrogen-bond acceptors (Lipinski definition) is 6. The largest absolute Gasteiger partial charge is 0.465 e. The Morgan fingerprint density at radius 3 is 2.00 bits per heavy atom. The minimum atomic E-state index is -1.24. The molecule has 0 bridgehead atoms. The quantitative estimate of drug-likeness (QED) is 0.151. The molecule has 1 aromatic heterocycles. The van der Waals surface area contributed by atoms with E-state index in [2.05, 4.69) is 15.6 Å². The average Bonchev–Trinajstić information content (AvgIpc) is 3.55. The standard InChI is InChI=1S/C35H38N4O6/c1-24(2)20-30(39(35(43)44)22-27-16-10-5-11-17-27)33(42)37-28(19-18-25-12-6-3-7-13-25)31(40)34-38-29(23-45-34)32(41)36-21-26-14-8-4-9-15-26/h3-17,23-24,28,30H,18-22H2,1-2H3,(H,36,41)(H,37,42)(H,43,44). The number of carbonyl (C=O) groups excluding carboxylic acids is 3. The van der Waals surface area contributed by atoms with Gasteiger partial charge in [0, 0.05) is 13.1 Å². The van der Waals surface area contributed by atoms with Crippen molar-refractivity contribution < 1.29 is 28.7 Å². The zero-order chi connectivity index (χ0) is 32.2. The van der Waals surface area contributed by atoms with Gasteiger partial charge in [0.05, 0.1) is 6.04 Å². The Balaban J connectivity index is 1.54. The Hall–Kier alpha value is -5.25. The molecule has 0 aliphatic heterocycles. The van der Waals surface area contributed by atoms with Crippen LogP contribution in [0.1, 0.15) is 64.6 Å². The summed E-state index contributed by atoms with van der Waals surface area (Å²) in [6.45, 7) is 4.08. The summed E-state index contributed by atoms with van der Waals surface area (Å²) in [6.07, 6.45) is 0.759. The van der Waals surface area contributed by atoms with Crippen molar-refractivity contribution in [1.29, 1.82) is 0 Å². The van der Waals surface area contributed by atoms with Crippen molar-refractivity contribution in [1.82, 2.24) is 20.5 Å². The van der Waals surface area contributed by atoms with Gasteiger partial charge in [-0.1, -0.05) is 105 Å². The highest BCUT2D eigenvalue weighted by molar-refractivity contribution is 6.00. The second-order valence-electron chi connectivity index (χ2n) is 11.2. The molecule has 0 aliphatic rings. The van der Waals surface area contributed by atoms with Crippen LogP contribution >= 0.6 is 0 Å². The summed E-state index contributed by atoms with van der Waals surface area (Å²) in [7, 11) is 0. The van der Waals surface area contributed by atoms with Crippen LogP contribution in [0, 0.1) is 5.92 Å². The second kappa shape index (κ2) is 16.0. The molecule has 0 saturated heterocycles. The van der Waals surface area contributed by atoms with Crippen LogP contribution in [0.2, 0.25) is 0 Å². The molecule has 10 heteroatoms. The summed E-state index contributed by atoms with van der Waals surface area (Å²) < 4.78 is 5.43. The Labute approximate surface area is 262 Å². The third-order valence-electron chi connectivity index (χ3n) is 7.26. The van der Waals surface area contributed by atoms with E-state index < -0.39 is 35.8 Å². The Kier molecular flexibility index (Phi) is 11.6. The zero-order valence-corrected chi connectivity index (χ0v) is 25.4. The fraction of sp³-hybridized carbons (Fsp3) is 0.286. The number of carboxylic acid groups (broad SMARTS) is 1. The fourth-order valence-corrected chi connectivity index (χ4v) is 4.92. The summed E-state index contributed by atoms with van der Waals surface area (Å²) >= 11 is 0. The van der Waals surface area contributed by atoms with Crippen LogP contribution in [0.25, 0.3) is 0 Å². The number of amides is 3. The maximum Gasteiger partial charge on any atom is 0.408 e. The first-order valence-corrected chi connectivity index (χ1v) is 14.9. The maximum atomic E-state index is 13.8. The number of aromatic nitrogens is 1. The topological polar surface area (TPSA) is 142 Å². The van der Waals surface area contributed by atoms with Crippen molar-refractivity contribution in [3.8, 4) is 0 Å². The summed E-state index contributed by atoms with van der Waals surface area (Å²) in [5.74, 6) is -2.06. The first-order chi connectivity index (χ1) is 21.7. The number of Topliss-reactive ketones (excluding diaryl/α,β-unsaturated/α-hetero) is 1. The van der Waals surface area contributed by atoms with Crippen molar-refractivity contribution in [3.63, 3.8) is 0 Å². The molecule has 0 radical (unpaired) electrons. The predicted molar refractivity (Wildman–Crippen MR) is 168 cm³/mol. The van der Waals surface area contributed by atoms with Crippen molar-refractivity contribution in [2.24, 2.45) is 5.92 Å².